The van der Waals surface area contributed by atoms with Gasteiger partial charge in [-0.15, -0.1) is 0 Å². The predicted molar refractivity (Wildman–Crippen MR) is 65.2 cm³/mol. The summed E-state index contributed by atoms with van der Waals surface area (Å²) in [6, 6.07) is 2.92. The van der Waals surface area contributed by atoms with Gasteiger partial charge in [-0.3, -0.25) is 4.79 Å². The highest BCUT2D eigenvalue weighted by Crippen LogP contribution is 2.47. The molecule has 1 aromatic carbocycles. The van der Waals surface area contributed by atoms with Gasteiger partial charge in [-0.2, -0.15) is 30.7 Å². The summed E-state index contributed by atoms with van der Waals surface area (Å²) < 4.78 is 88.1. The van der Waals surface area contributed by atoms with Crippen molar-refractivity contribution in [3.63, 3.8) is 0 Å². The quantitative estimate of drug-likeness (QED) is 0.818. The van der Waals surface area contributed by atoms with Crippen molar-refractivity contribution >= 4 is 11.6 Å². The van der Waals surface area contributed by atoms with Gasteiger partial charge in [-0.25, -0.2) is 0 Å². The molecule has 9 heteroatoms. The van der Waals surface area contributed by atoms with E-state index in [9.17, 15) is 35.5 Å². The van der Waals surface area contributed by atoms with E-state index in [4.69, 9.17) is 0 Å². The van der Waals surface area contributed by atoms with E-state index in [2.05, 4.69) is 0 Å². The van der Waals surface area contributed by atoms with Crippen molar-refractivity contribution in [1.82, 2.24) is 0 Å². The van der Waals surface area contributed by atoms with E-state index in [1.807, 2.05) is 0 Å². The first kappa shape index (κ1) is 18.2. The number of rotatable bonds is 3. The van der Waals surface area contributed by atoms with Crippen molar-refractivity contribution < 1.29 is 35.5 Å². The van der Waals surface area contributed by atoms with Crippen LogP contribution in [0, 0.1) is 20.8 Å². The Morgan fingerprint density at radius 3 is 1.68 bits per heavy atom. The Labute approximate surface area is 121 Å². The van der Waals surface area contributed by atoms with Crippen LogP contribution in [-0.4, -0.2) is 23.9 Å². The Morgan fingerprint density at radius 1 is 0.909 bits per heavy atom. The van der Waals surface area contributed by atoms with E-state index in [0.717, 1.165) is 0 Å². The van der Waals surface area contributed by atoms with Crippen LogP contribution in [0.4, 0.5) is 36.4 Å². The van der Waals surface area contributed by atoms with Crippen molar-refractivity contribution in [2.75, 3.05) is 5.32 Å². The third-order valence-electron chi connectivity index (χ3n) is 2.95. The number of anilines is 1. The maximum Gasteiger partial charge on any atom is 0.460 e. The molecule has 0 bridgehead atoms. The summed E-state index contributed by atoms with van der Waals surface area (Å²) in [5, 5.41) is 1.46. The van der Waals surface area contributed by atoms with Crippen LogP contribution in [0.3, 0.4) is 0 Å². The lowest BCUT2D eigenvalue weighted by atomic mass is 10.0. The van der Waals surface area contributed by atoms with Crippen LogP contribution >= 0.6 is 0 Å². The summed E-state index contributed by atoms with van der Waals surface area (Å²) in [5.41, 5.74) is 1.00. The molecule has 0 aliphatic rings. The minimum Gasteiger partial charge on any atom is -0.320 e. The Kier molecular flexibility index (Phi) is 4.51. The number of hydrogen-bond donors (Lipinski definition) is 1. The minimum atomic E-state index is -6.55. The largest absolute Gasteiger partial charge is 0.460 e. The Balaban J connectivity index is 3.18. The highest BCUT2D eigenvalue weighted by molar-refractivity contribution is 5.98. The average Bonchev–Trinajstić information content (AvgIpc) is 2.31. The van der Waals surface area contributed by atoms with Crippen molar-refractivity contribution in [1.29, 1.82) is 0 Å². The number of nitrogens with one attached hydrogen (secondary N) is 1. The number of amides is 1. The predicted octanol–water partition coefficient (Wildman–Crippen LogP) is 4.38. The third-order valence-corrected chi connectivity index (χ3v) is 2.95. The molecule has 1 N–H and O–H groups in total. The highest BCUT2D eigenvalue weighted by atomic mass is 19.4. The first-order chi connectivity index (χ1) is 9.71. The molecular formula is C13H12F7NO. The van der Waals surface area contributed by atoms with Gasteiger partial charge in [0, 0.05) is 5.69 Å². The van der Waals surface area contributed by atoms with Gasteiger partial charge >= 0.3 is 23.9 Å². The smallest absolute Gasteiger partial charge is 0.320 e. The molecule has 0 unspecified atom stereocenters. The lowest BCUT2D eigenvalue weighted by Gasteiger charge is -2.27. The second kappa shape index (κ2) is 5.44. The van der Waals surface area contributed by atoms with E-state index in [-0.39, 0.29) is 16.8 Å². The molecule has 22 heavy (non-hydrogen) atoms. The van der Waals surface area contributed by atoms with Gasteiger partial charge in [-0.1, -0.05) is 17.7 Å². The van der Waals surface area contributed by atoms with Crippen LogP contribution in [0.5, 0.6) is 0 Å². The van der Waals surface area contributed by atoms with E-state index >= 15 is 0 Å². The Hall–Kier alpha value is -1.80. The molecule has 0 atom stereocenters. The number of carbonyl (C=O) groups is 1. The Bertz CT molecular complexity index is 570. The normalized spacial score (nSPS) is 13.2. The van der Waals surface area contributed by atoms with E-state index in [0.29, 0.717) is 5.56 Å². The van der Waals surface area contributed by atoms with Gasteiger partial charge in [0.15, 0.2) is 0 Å². The van der Waals surface area contributed by atoms with Gasteiger partial charge < -0.3 is 5.32 Å². The zero-order valence-corrected chi connectivity index (χ0v) is 11.7. The van der Waals surface area contributed by atoms with Gasteiger partial charge in [0.05, 0.1) is 0 Å². The van der Waals surface area contributed by atoms with E-state index in [1.165, 1.54) is 31.3 Å². The van der Waals surface area contributed by atoms with E-state index < -0.39 is 23.9 Å². The molecule has 1 amide bonds. The third kappa shape index (κ3) is 3.02. The summed E-state index contributed by atoms with van der Waals surface area (Å²) in [6.45, 7) is 4.46. The van der Waals surface area contributed by atoms with Gasteiger partial charge in [0.2, 0.25) is 0 Å². The number of hydrogen-bond acceptors (Lipinski definition) is 1. The summed E-state index contributed by atoms with van der Waals surface area (Å²) in [5.74, 6) is -15.1. The molecule has 2 nitrogen and oxygen atoms in total. The fourth-order valence-electron chi connectivity index (χ4n) is 1.89. The van der Waals surface area contributed by atoms with Crippen LogP contribution < -0.4 is 5.32 Å². The van der Waals surface area contributed by atoms with Crippen LogP contribution in [0.2, 0.25) is 0 Å². The summed E-state index contributed by atoms with van der Waals surface area (Å²) in [4.78, 5) is 11.3. The van der Waals surface area contributed by atoms with Crippen LogP contribution in [0.25, 0.3) is 0 Å². The molecule has 0 aliphatic carbocycles. The van der Waals surface area contributed by atoms with Gasteiger partial charge in [0.25, 0.3) is 0 Å². The monoisotopic (exact) mass is 331 g/mol. The first-order valence-corrected chi connectivity index (χ1v) is 5.93. The van der Waals surface area contributed by atoms with Gasteiger partial charge in [0.1, 0.15) is 0 Å². The lowest BCUT2D eigenvalue weighted by molar-refractivity contribution is -0.343. The van der Waals surface area contributed by atoms with Crippen molar-refractivity contribution in [2.45, 2.75) is 38.8 Å². The number of benzene rings is 1. The van der Waals surface area contributed by atoms with Gasteiger partial charge in [-0.05, 0) is 31.9 Å². The molecule has 1 rings (SSSR count). The molecule has 124 valence electrons. The molecular weight excluding hydrogens is 319 g/mol. The zero-order chi connectivity index (χ0) is 17.5. The number of carbonyl (C=O) groups excluding carboxylic acids is 1. The number of alkyl halides is 7. The average molecular weight is 331 g/mol. The lowest BCUT2D eigenvalue weighted by Crippen LogP contribution is -2.57. The van der Waals surface area contributed by atoms with E-state index in [1.54, 1.807) is 6.92 Å². The van der Waals surface area contributed by atoms with Crippen molar-refractivity contribution in [3.8, 4) is 0 Å². The molecule has 0 fully saturated rings. The minimum absolute atomic E-state index is 0.228. The molecule has 0 aliphatic heterocycles. The fourth-order valence-corrected chi connectivity index (χ4v) is 1.89. The summed E-state index contributed by atoms with van der Waals surface area (Å²) in [7, 11) is 0. The molecule has 0 saturated carbocycles. The SMILES string of the molecule is Cc1cc(C)c(NC(=O)C(F)(F)C(F)(F)C(F)(F)F)c(C)c1. The maximum absolute atomic E-state index is 13.2. The second-order valence-electron chi connectivity index (χ2n) is 4.87. The standard InChI is InChI=1S/C13H12F7NO/c1-6-4-7(2)9(8(3)5-6)21-10(22)11(14,15)12(16,17)13(18,19)20/h4-5H,1-3H3,(H,21,22). The first-order valence-electron chi connectivity index (χ1n) is 5.93. The molecule has 0 aromatic heterocycles. The Morgan fingerprint density at radius 2 is 1.32 bits per heavy atom. The number of aryl methyl sites for hydroxylation is 3. The molecule has 0 spiro atoms. The molecule has 0 saturated heterocycles. The van der Waals surface area contributed by atoms with Crippen LogP contribution in [0.15, 0.2) is 12.1 Å². The van der Waals surface area contributed by atoms with Crippen LogP contribution in [-0.2, 0) is 4.79 Å². The molecule has 0 radical (unpaired) electrons. The topological polar surface area (TPSA) is 29.1 Å². The molecule has 0 heterocycles. The maximum atomic E-state index is 13.2. The van der Waals surface area contributed by atoms with Crippen molar-refractivity contribution in [2.24, 2.45) is 0 Å². The van der Waals surface area contributed by atoms with Crippen LogP contribution in [0.1, 0.15) is 16.7 Å². The summed E-state index contributed by atoms with van der Waals surface area (Å²) in [6.07, 6.45) is -6.55. The fraction of sp³-hybridized carbons (Fsp3) is 0.462. The highest BCUT2D eigenvalue weighted by Gasteiger charge is 2.76. The zero-order valence-electron chi connectivity index (χ0n) is 11.7. The molecule has 1 aromatic rings. The number of halogens is 7. The van der Waals surface area contributed by atoms with Crippen molar-refractivity contribution in [3.05, 3.63) is 28.8 Å². The second-order valence-corrected chi connectivity index (χ2v) is 4.87. The summed E-state index contributed by atoms with van der Waals surface area (Å²) >= 11 is 0.